The number of hydrogen-bond acceptors (Lipinski definition) is 2. The highest BCUT2D eigenvalue weighted by Crippen LogP contribution is 2.25. The number of aliphatic carboxylic acids is 1. The Labute approximate surface area is 137 Å². The van der Waals surface area contributed by atoms with Crippen LogP contribution in [0.2, 0.25) is 5.02 Å². The molecule has 0 bridgehead atoms. The van der Waals surface area contributed by atoms with Crippen LogP contribution in [0.3, 0.4) is 0 Å². The Morgan fingerprint density at radius 3 is 2.62 bits per heavy atom. The highest BCUT2D eigenvalue weighted by atomic mass is 79.9. The molecule has 1 atom stereocenters. The van der Waals surface area contributed by atoms with Gasteiger partial charge in [0.25, 0.3) is 0 Å². The number of halogens is 2. The molecule has 0 fully saturated rings. The van der Waals surface area contributed by atoms with E-state index in [1.165, 1.54) is 0 Å². The molecule has 1 aromatic rings. The molecule has 2 amide bonds. The molecule has 0 heterocycles. The van der Waals surface area contributed by atoms with Crippen molar-refractivity contribution in [1.82, 2.24) is 5.32 Å². The van der Waals surface area contributed by atoms with E-state index in [0.29, 0.717) is 21.6 Å². The number of benzene rings is 1. The number of carbonyl (C=O) groups is 2. The highest BCUT2D eigenvalue weighted by molar-refractivity contribution is 9.10. The van der Waals surface area contributed by atoms with Gasteiger partial charge < -0.3 is 15.7 Å². The first-order valence-electron chi connectivity index (χ1n) is 6.52. The van der Waals surface area contributed by atoms with Crippen molar-refractivity contribution in [3.63, 3.8) is 0 Å². The Hall–Kier alpha value is -1.27. The minimum absolute atomic E-state index is 0.0809. The normalized spacial score (nSPS) is 12.0. The van der Waals surface area contributed by atoms with E-state index in [1.807, 2.05) is 13.8 Å². The van der Waals surface area contributed by atoms with E-state index in [4.69, 9.17) is 16.7 Å². The molecule has 0 aliphatic heterocycles. The Bertz CT molecular complexity index is 523. The first-order valence-corrected chi connectivity index (χ1v) is 7.69. The summed E-state index contributed by atoms with van der Waals surface area (Å²) in [7, 11) is 0. The molecule has 0 saturated heterocycles. The smallest absolute Gasteiger partial charge is 0.319 e. The number of urea groups is 1. The number of amides is 2. The maximum atomic E-state index is 11.8. The van der Waals surface area contributed by atoms with E-state index in [0.717, 1.165) is 0 Å². The van der Waals surface area contributed by atoms with Gasteiger partial charge in [0.2, 0.25) is 0 Å². The van der Waals surface area contributed by atoms with Crippen molar-refractivity contribution in [3.05, 3.63) is 27.7 Å². The van der Waals surface area contributed by atoms with Crippen molar-refractivity contribution in [3.8, 4) is 0 Å². The van der Waals surface area contributed by atoms with Gasteiger partial charge in [-0.1, -0.05) is 25.4 Å². The van der Waals surface area contributed by atoms with Crippen molar-refractivity contribution in [2.45, 2.75) is 20.3 Å². The summed E-state index contributed by atoms with van der Waals surface area (Å²) in [6, 6.07) is 4.55. The summed E-state index contributed by atoms with van der Waals surface area (Å²) in [5.41, 5.74) is 0.524. The van der Waals surface area contributed by atoms with E-state index in [9.17, 15) is 9.59 Å². The predicted octanol–water partition coefficient (Wildman–Crippen LogP) is 3.97. The zero-order chi connectivity index (χ0) is 16.0. The molecule has 7 heteroatoms. The fourth-order valence-corrected chi connectivity index (χ4v) is 2.33. The fraction of sp³-hybridized carbons (Fsp3) is 0.429. The average Bonchev–Trinajstić information content (AvgIpc) is 2.38. The number of nitrogens with one attached hydrogen (secondary N) is 2. The molecular weight excluding hydrogens is 360 g/mol. The molecule has 0 saturated carbocycles. The topological polar surface area (TPSA) is 78.4 Å². The molecule has 3 N–H and O–H groups in total. The lowest BCUT2D eigenvalue weighted by Crippen LogP contribution is -2.36. The summed E-state index contributed by atoms with van der Waals surface area (Å²) in [5, 5.41) is 14.8. The molecule has 0 radical (unpaired) electrons. The van der Waals surface area contributed by atoms with Crippen LogP contribution in [0.1, 0.15) is 20.3 Å². The third-order valence-corrected chi connectivity index (χ3v) is 3.72. The van der Waals surface area contributed by atoms with Crippen molar-refractivity contribution in [2.75, 3.05) is 11.9 Å². The number of rotatable bonds is 6. The zero-order valence-electron chi connectivity index (χ0n) is 11.8. The SMILES string of the molecule is CC(C)CC(CNC(=O)Nc1cc(Cl)ccc1Br)C(=O)O. The van der Waals surface area contributed by atoms with E-state index in [-0.39, 0.29) is 12.5 Å². The Balaban J connectivity index is 2.57. The second kappa shape index (κ2) is 8.24. The minimum atomic E-state index is -0.909. The molecule has 0 aliphatic rings. The van der Waals surface area contributed by atoms with Gasteiger partial charge in [0.15, 0.2) is 0 Å². The number of carboxylic acids is 1. The van der Waals surface area contributed by atoms with Gasteiger partial charge in [-0.3, -0.25) is 4.79 Å². The lowest BCUT2D eigenvalue weighted by Gasteiger charge is -2.16. The van der Waals surface area contributed by atoms with Gasteiger partial charge in [-0.2, -0.15) is 0 Å². The standard InChI is InChI=1S/C14H18BrClN2O3/c1-8(2)5-9(13(19)20)7-17-14(21)18-12-6-10(16)3-4-11(12)15/h3-4,6,8-9H,5,7H2,1-2H3,(H,19,20)(H2,17,18,21). The zero-order valence-corrected chi connectivity index (χ0v) is 14.2. The van der Waals surface area contributed by atoms with Crippen LogP contribution >= 0.6 is 27.5 Å². The minimum Gasteiger partial charge on any atom is -0.481 e. The van der Waals surface area contributed by atoms with Crippen LogP contribution in [0.25, 0.3) is 0 Å². The maximum Gasteiger partial charge on any atom is 0.319 e. The van der Waals surface area contributed by atoms with E-state index in [1.54, 1.807) is 18.2 Å². The first kappa shape index (κ1) is 17.8. The van der Waals surface area contributed by atoms with Crippen LogP contribution < -0.4 is 10.6 Å². The number of carboxylic acid groups (broad SMARTS) is 1. The molecular formula is C14H18BrClN2O3. The Kier molecular flexibility index (Phi) is 6.98. The summed E-state index contributed by atoms with van der Waals surface area (Å²) in [6.45, 7) is 3.97. The monoisotopic (exact) mass is 376 g/mol. The molecule has 0 spiro atoms. The Morgan fingerprint density at radius 1 is 1.38 bits per heavy atom. The van der Waals surface area contributed by atoms with Gasteiger partial charge in [0.05, 0.1) is 11.6 Å². The molecule has 0 aromatic heterocycles. The van der Waals surface area contributed by atoms with Gasteiger partial charge in [-0.15, -0.1) is 0 Å². The van der Waals surface area contributed by atoms with E-state index >= 15 is 0 Å². The summed E-state index contributed by atoms with van der Waals surface area (Å²) in [6.07, 6.45) is 0.510. The van der Waals surface area contributed by atoms with E-state index < -0.39 is 17.9 Å². The summed E-state index contributed by atoms with van der Waals surface area (Å²) in [4.78, 5) is 22.9. The molecule has 1 aromatic carbocycles. The number of anilines is 1. The van der Waals surface area contributed by atoms with Crippen LogP contribution in [0.5, 0.6) is 0 Å². The summed E-state index contributed by atoms with van der Waals surface area (Å²) >= 11 is 9.16. The molecule has 1 rings (SSSR count). The highest BCUT2D eigenvalue weighted by Gasteiger charge is 2.19. The fourth-order valence-electron chi connectivity index (χ4n) is 1.82. The number of carbonyl (C=O) groups excluding carboxylic acids is 1. The maximum absolute atomic E-state index is 11.8. The number of hydrogen-bond donors (Lipinski definition) is 3. The van der Waals surface area contributed by atoms with Crippen LogP contribution in [0.4, 0.5) is 10.5 Å². The van der Waals surface area contributed by atoms with Crippen LogP contribution in [-0.4, -0.2) is 23.7 Å². The van der Waals surface area contributed by atoms with Crippen LogP contribution in [0.15, 0.2) is 22.7 Å². The first-order chi connectivity index (χ1) is 9.79. The molecule has 116 valence electrons. The molecule has 0 aliphatic carbocycles. The van der Waals surface area contributed by atoms with Gasteiger partial charge >= 0.3 is 12.0 Å². The summed E-state index contributed by atoms with van der Waals surface area (Å²) < 4.78 is 0.694. The van der Waals surface area contributed by atoms with Crippen molar-refractivity contribution < 1.29 is 14.7 Å². The largest absolute Gasteiger partial charge is 0.481 e. The third-order valence-electron chi connectivity index (χ3n) is 2.79. The average molecular weight is 378 g/mol. The lowest BCUT2D eigenvalue weighted by molar-refractivity contribution is -0.142. The Morgan fingerprint density at radius 2 is 2.05 bits per heavy atom. The van der Waals surface area contributed by atoms with Gasteiger partial charge in [0, 0.05) is 16.0 Å². The molecule has 21 heavy (non-hydrogen) atoms. The van der Waals surface area contributed by atoms with Crippen molar-refractivity contribution in [2.24, 2.45) is 11.8 Å². The second-order valence-corrected chi connectivity index (χ2v) is 6.41. The van der Waals surface area contributed by atoms with Crippen molar-refractivity contribution >= 4 is 45.2 Å². The molecule has 1 unspecified atom stereocenters. The van der Waals surface area contributed by atoms with Gasteiger partial charge in [-0.25, -0.2) is 4.79 Å². The van der Waals surface area contributed by atoms with Crippen LogP contribution in [0, 0.1) is 11.8 Å². The quantitative estimate of drug-likeness (QED) is 0.702. The van der Waals surface area contributed by atoms with E-state index in [2.05, 4.69) is 26.6 Å². The molecule has 5 nitrogen and oxygen atoms in total. The second-order valence-electron chi connectivity index (χ2n) is 5.12. The van der Waals surface area contributed by atoms with Crippen molar-refractivity contribution in [1.29, 1.82) is 0 Å². The lowest BCUT2D eigenvalue weighted by atomic mass is 9.97. The van der Waals surface area contributed by atoms with Gasteiger partial charge in [-0.05, 0) is 46.5 Å². The van der Waals surface area contributed by atoms with Gasteiger partial charge in [0.1, 0.15) is 0 Å². The third kappa shape index (κ3) is 6.35. The summed E-state index contributed by atoms with van der Waals surface area (Å²) in [5.74, 6) is -1.26. The predicted molar refractivity (Wildman–Crippen MR) is 86.8 cm³/mol. The van der Waals surface area contributed by atoms with Crippen LogP contribution in [-0.2, 0) is 4.79 Å².